The maximum Gasteiger partial charge on any atom is 0.191 e. The highest BCUT2D eigenvalue weighted by Crippen LogP contribution is 2.36. The second-order valence-corrected chi connectivity index (χ2v) is 13.0. The van der Waals surface area contributed by atoms with Crippen LogP contribution in [0.25, 0.3) is 0 Å². The first-order chi connectivity index (χ1) is 9.81. The van der Waals surface area contributed by atoms with Crippen LogP contribution >= 0.6 is 11.6 Å². The molecule has 128 valence electrons. The molecule has 0 spiro atoms. The van der Waals surface area contributed by atoms with Crippen molar-refractivity contribution in [2.24, 2.45) is 0 Å². The van der Waals surface area contributed by atoms with Crippen LogP contribution in [0.15, 0.2) is 0 Å². The van der Waals surface area contributed by atoms with Gasteiger partial charge in [0.15, 0.2) is 8.32 Å². The molecule has 0 aliphatic heterocycles. The molecule has 0 unspecified atom stereocenters. The van der Waals surface area contributed by atoms with Gasteiger partial charge in [0.25, 0.3) is 0 Å². The first-order valence-corrected chi connectivity index (χ1v) is 12.5. The number of hydrogen-bond donors (Lipinski definition) is 0. The zero-order chi connectivity index (χ0) is 16.2. The molecule has 0 amide bonds. The third-order valence-corrected chi connectivity index (χ3v) is 9.60. The molecule has 0 N–H and O–H groups in total. The van der Waals surface area contributed by atoms with Crippen LogP contribution in [0.2, 0.25) is 18.1 Å². The molecule has 0 rings (SSSR count). The van der Waals surface area contributed by atoms with Gasteiger partial charge in [0.1, 0.15) is 0 Å². The van der Waals surface area contributed by atoms with Crippen molar-refractivity contribution < 1.29 is 4.43 Å². The molecule has 0 heterocycles. The Bertz CT molecular complexity index is 236. The first-order valence-electron chi connectivity index (χ1n) is 9.01. The molecule has 0 fully saturated rings. The molecule has 0 saturated carbocycles. The lowest BCUT2D eigenvalue weighted by atomic mass is 10.1. The normalized spacial score (nSPS) is 12.9. The topological polar surface area (TPSA) is 9.23 Å². The maximum absolute atomic E-state index is 6.20. The van der Waals surface area contributed by atoms with Crippen molar-refractivity contribution in [2.45, 2.75) is 103 Å². The molecule has 0 radical (unpaired) electrons. The van der Waals surface area contributed by atoms with Gasteiger partial charge in [0, 0.05) is 12.5 Å². The molecule has 0 atom stereocenters. The third-order valence-electron chi connectivity index (χ3n) is 4.80. The number of halogens is 1. The Balaban J connectivity index is 3.30. The van der Waals surface area contributed by atoms with Gasteiger partial charge in [-0.15, -0.1) is 11.6 Å². The fraction of sp³-hybridized carbons (Fsp3) is 1.00. The molecular formula is C18H39ClOSi. The van der Waals surface area contributed by atoms with Gasteiger partial charge in [-0.2, -0.15) is 0 Å². The highest BCUT2D eigenvalue weighted by Gasteiger charge is 2.36. The summed E-state index contributed by atoms with van der Waals surface area (Å²) >= 11 is 5.67. The number of alkyl halides is 1. The summed E-state index contributed by atoms with van der Waals surface area (Å²) in [5, 5.41) is 0.344. The first kappa shape index (κ1) is 21.5. The van der Waals surface area contributed by atoms with Crippen LogP contribution in [0.5, 0.6) is 0 Å². The average molecular weight is 335 g/mol. The zero-order valence-electron chi connectivity index (χ0n) is 15.3. The van der Waals surface area contributed by atoms with E-state index >= 15 is 0 Å². The van der Waals surface area contributed by atoms with Crippen LogP contribution in [-0.4, -0.2) is 20.8 Å². The Kier molecular flexibility index (Phi) is 12.2. The third kappa shape index (κ3) is 11.7. The Labute approximate surface area is 140 Å². The lowest BCUT2D eigenvalue weighted by Crippen LogP contribution is -2.40. The quantitative estimate of drug-likeness (QED) is 0.197. The van der Waals surface area contributed by atoms with Gasteiger partial charge in [-0.3, -0.25) is 0 Å². The Morgan fingerprint density at radius 3 is 1.48 bits per heavy atom. The van der Waals surface area contributed by atoms with Crippen molar-refractivity contribution in [3.63, 3.8) is 0 Å². The van der Waals surface area contributed by atoms with E-state index in [1.165, 1.54) is 64.2 Å². The summed E-state index contributed by atoms with van der Waals surface area (Å²) in [6, 6.07) is 0. The van der Waals surface area contributed by atoms with Crippen LogP contribution in [0.3, 0.4) is 0 Å². The lowest BCUT2D eigenvalue weighted by molar-refractivity contribution is 0.277. The van der Waals surface area contributed by atoms with Crippen molar-refractivity contribution in [3.8, 4) is 0 Å². The van der Waals surface area contributed by atoms with E-state index < -0.39 is 8.32 Å². The van der Waals surface area contributed by atoms with Crippen LogP contribution < -0.4 is 0 Å². The van der Waals surface area contributed by atoms with Crippen LogP contribution in [-0.2, 0) is 4.43 Å². The minimum absolute atomic E-state index is 0.344. The van der Waals surface area contributed by atoms with Crippen molar-refractivity contribution in [1.29, 1.82) is 0 Å². The summed E-state index contributed by atoms with van der Waals surface area (Å²) < 4.78 is 6.20. The molecule has 0 saturated heterocycles. The van der Waals surface area contributed by atoms with E-state index in [1.54, 1.807) is 0 Å². The molecule has 3 heteroatoms. The summed E-state index contributed by atoms with van der Waals surface area (Å²) in [5.41, 5.74) is 0. The van der Waals surface area contributed by atoms with Gasteiger partial charge in [0.05, 0.1) is 0 Å². The van der Waals surface area contributed by atoms with E-state index in [4.69, 9.17) is 16.0 Å². The second-order valence-electron chi connectivity index (χ2n) is 7.83. The monoisotopic (exact) mass is 334 g/mol. The molecule has 0 aliphatic rings. The van der Waals surface area contributed by atoms with E-state index in [9.17, 15) is 0 Å². The lowest BCUT2D eigenvalue weighted by Gasteiger charge is -2.36. The zero-order valence-corrected chi connectivity index (χ0v) is 17.0. The van der Waals surface area contributed by atoms with Crippen LogP contribution in [0, 0.1) is 0 Å². The van der Waals surface area contributed by atoms with Crippen LogP contribution in [0.1, 0.15) is 85.0 Å². The Hall–Kier alpha value is 0.467. The number of unbranched alkanes of at least 4 members (excludes halogenated alkanes) is 9. The predicted octanol–water partition coefficient (Wildman–Crippen LogP) is 7.15. The molecular weight excluding hydrogens is 296 g/mol. The molecule has 0 aromatic rings. The minimum atomic E-state index is -1.51. The highest BCUT2D eigenvalue weighted by atomic mass is 35.5. The molecule has 21 heavy (non-hydrogen) atoms. The standard InChI is InChI=1S/C18H39ClOSi/c1-18(2,3)21(4,5)20-17-15-13-11-9-7-6-8-10-12-14-16-19/h6-17H2,1-5H3. The van der Waals surface area contributed by atoms with Gasteiger partial charge in [0.2, 0.25) is 0 Å². The molecule has 0 aliphatic carbocycles. The molecule has 1 nitrogen and oxygen atoms in total. The number of rotatable bonds is 13. The Morgan fingerprint density at radius 2 is 1.10 bits per heavy atom. The SMILES string of the molecule is CC(C)(C)[Si](C)(C)OCCCCCCCCCCCCCl. The number of hydrogen-bond acceptors (Lipinski definition) is 1. The summed E-state index contributed by atoms with van der Waals surface area (Å²) in [5.74, 6) is 0.830. The van der Waals surface area contributed by atoms with E-state index in [0.29, 0.717) is 5.04 Å². The van der Waals surface area contributed by atoms with E-state index in [1.807, 2.05) is 0 Å². The summed E-state index contributed by atoms with van der Waals surface area (Å²) in [7, 11) is -1.51. The van der Waals surface area contributed by atoms with Gasteiger partial charge >= 0.3 is 0 Å². The fourth-order valence-corrected chi connectivity index (χ4v) is 3.43. The summed E-state index contributed by atoms with van der Waals surface area (Å²) in [6.45, 7) is 12.6. The van der Waals surface area contributed by atoms with Crippen molar-refractivity contribution in [3.05, 3.63) is 0 Å². The molecule has 0 aromatic carbocycles. The maximum atomic E-state index is 6.20. The van der Waals surface area contributed by atoms with Gasteiger partial charge in [-0.1, -0.05) is 72.1 Å². The fourth-order valence-electron chi connectivity index (χ4n) is 2.15. The van der Waals surface area contributed by atoms with Gasteiger partial charge in [-0.05, 0) is 31.0 Å². The Morgan fingerprint density at radius 1 is 0.714 bits per heavy atom. The highest BCUT2D eigenvalue weighted by molar-refractivity contribution is 6.74. The molecule has 0 aromatic heterocycles. The van der Waals surface area contributed by atoms with Crippen LogP contribution in [0.4, 0.5) is 0 Å². The largest absolute Gasteiger partial charge is 0.417 e. The van der Waals surface area contributed by atoms with Crippen molar-refractivity contribution in [1.82, 2.24) is 0 Å². The second kappa shape index (κ2) is 12.0. The minimum Gasteiger partial charge on any atom is -0.417 e. The summed E-state index contributed by atoms with van der Waals surface area (Å²) in [4.78, 5) is 0. The molecule has 0 bridgehead atoms. The van der Waals surface area contributed by atoms with E-state index in [-0.39, 0.29) is 0 Å². The smallest absolute Gasteiger partial charge is 0.191 e. The van der Waals surface area contributed by atoms with E-state index in [0.717, 1.165) is 12.5 Å². The van der Waals surface area contributed by atoms with Gasteiger partial charge < -0.3 is 4.43 Å². The van der Waals surface area contributed by atoms with E-state index in [2.05, 4.69) is 33.9 Å². The van der Waals surface area contributed by atoms with Gasteiger partial charge in [-0.25, -0.2) is 0 Å². The van der Waals surface area contributed by atoms with Crippen molar-refractivity contribution in [2.75, 3.05) is 12.5 Å². The predicted molar refractivity (Wildman–Crippen MR) is 100 cm³/mol. The van der Waals surface area contributed by atoms with Crippen molar-refractivity contribution >= 4 is 19.9 Å². The average Bonchev–Trinajstić information content (AvgIpc) is 2.38. The summed E-state index contributed by atoms with van der Waals surface area (Å²) in [6.07, 6.45) is 13.4.